The molecule has 0 aliphatic heterocycles. The van der Waals surface area contributed by atoms with Gasteiger partial charge in [0.25, 0.3) is 5.91 Å². The van der Waals surface area contributed by atoms with Crippen LogP contribution in [-0.4, -0.2) is 30.5 Å². The van der Waals surface area contributed by atoms with Gasteiger partial charge in [-0.2, -0.15) is 5.10 Å². The smallest absolute Gasteiger partial charge is 0.329 e. The maximum Gasteiger partial charge on any atom is 0.329 e. The Morgan fingerprint density at radius 1 is 0.909 bits per heavy atom. The number of carbonyl (C=O) groups excluding carboxylic acids is 3. The Morgan fingerprint density at radius 2 is 1.64 bits per heavy atom. The summed E-state index contributed by atoms with van der Waals surface area (Å²) in [6, 6.07) is 20.6. The molecule has 33 heavy (non-hydrogen) atoms. The first-order chi connectivity index (χ1) is 15.9. The maximum atomic E-state index is 12.1. The Hall–Kier alpha value is -4.17. The van der Waals surface area contributed by atoms with E-state index in [1.807, 2.05) is 25.1 Å². The number of benzene rings is 3. The molecule has 3 amide bonds. The third-order valence-corrected chi connectivity index (χ3v) is 4.43. The molecule has 0 saturated heterocycles. The molecule has 0 saturated carbocycles. The number of nitrogens with zero attached hydrogens (tertiary/aromatic N) is 1. The fraction of sp³-hybridized carbons (Fsp3) is 0.0833. The van der Waals surface area contributed by atoms with Gasteiger partial charge in [-0.25, -0.2) is 5.43 Å². The van der Waals surface area contributed by atoms with Crippen molar-refractivity contribution in [3.63, 3.8) is 0 Å². The summed E-state index contributed by atoms with van der Waals surface area (Å²) < 4.78 is 5.52. The zero-order valence-corrected chi connectivity index (χ0v) is 18.4. The summed E-state index contributed by atoms with van der Waals surface area (Å²) in [5.74, 6) is -1.67. The Balaban J connectivity index is 1.48. The second-order valence-corrected chi connectivity index (χ2v) is 7.38. The van der Waals surface area contributed by atoms with E-state index in [1.54, 1.807) is 48.5 Å². The molecular weight excluding hydrogens is 444 g/mol. The molecule has 0 aliphatic carbocycles. The lowest BCUT2D eigenvalue weighted by Crippen LogP contribution is -2.32. The predicted molar refractivity (Wildman–Crippen MR) is 128 cm³/mol. The molecule has 0 aliphatic rings. The normalized spacial score (nSPS) is 10.5. The van der Waals surface area contributed by atoms with Crippen molar-refractivity contribution in [2.24, 2.45) is 5.10 Å². The molecular formula is C24H21ClN4O4. The molecule has 9 heteroatoms. The lowest BCUT2D eigenvalue weighted by molar-refractivity contribution is -0.136. The maximum absolute atomic E-state index is 12.1. The van der Waals surface area contributed by atoms with E-state index in [1.165, 1.54) is 12.3 Å². The molecule has 0 aromatic heterocycles. The lowest BCUT2D eigenvalue weighted by atomic mass is 10.2. The molecule has 3 rings (SSSR count). The van der Waals surface area contributed by atoms with Gasteiger partial charge in [0.05, 0.1) is 6.21 Å². The number of anilines is 2. The fourth-order valence-electron chi connectivity index (χ4n) is 2.72. The van der Waals surface area contributed by atoms with Crippen LogP contribution < -0.4 is 20.8 Å². The van der Waals surface area contributed by atoms with Crippen LogP contribution in [0.1, 0.15) is 11.1 Å². The molecule has 168 valence electrons. The van der Waals surface area contributed by atoms with Crippen LogP contribution in [0.3, 0.4) is 0 Å². The summed E-state index contributed by atoms with van der Waals surface area (Å²) in [6.45, 7) is 1.77. The number of hydrazone groups is 1. The van der Waals surface area contributed by atoms with E-state index in [9.17, 15) is 14.4 Å². The number of rotatable bonds is 7. The summed E-state index contributed by atoms with van der Waals surface area (Å²) in [4.78, 5) is 35.9. The Labute approximate surface area is 195 Å². The van der Waals surface area contributed by atoms with Crippen molar-refractivity contribution in [2.45, 2.75) is 6.92 Å². The van der Waals surface area contributed by atoms with Crippen LogP contribution in [0, 0.1) is 6.92 Å². The highest BCUT2D eigenvalue weighted by molar-refractivity contribution is 6.39. The van der Waals surface area contributed by atoms with E-state index in [-0.39, 0.29) is 12.5 Å². The van der Waals surface area contributed by atoms with Crippen molar-refractivity contribution in [3.05, 3.63) is 88.9 Å². The van der Waals surface area contributed by atoms with Crippen molar-refractivity contribution in [1.29, 1.82) is 0 Å². The first-order valence-corrected chi connectivity index (χ1v) is 10.3. The average Bonchev–Trinajstić information content (AvgIpc) is 2.78. The van der Waals surface area contributed by atoms with Gasteiger partial charge in [0.1, 0.15) is 5.75 Å². The zero-order chi connectivity index (χ0) is 23.6. The molecule has 0 heterocycles. The molecule has 0 unspecified atom stereocenters. The molecule has 3 aromatic rings. The first kappa shape index (κ1) is 23.5. The van der Waals surface area contributed by atoms with Crippen LogP contribution in [0.2, 0.25) is 5.02 Å². The van der Waals surface area contributed by atoms with Gasteiger partial charge in [-0.3, -0.25) is 14.4 Å². The van der Waals surface area contributed by atoms with Gasteiger partial charge in [0, 0.05) is 16.4 Å². The van der Waals surface area contributed by atoms with E-state index < -0.39 is 11.8 Å². The third-order valence-electron chi connectivity index (χ3n) is 4.20. The highest BCUT2D eigenvalue weighted by Crippen LogP contribution is 2.15. The number of aryl methyl sites for hydroxylation is 1. The van der Waals surface area contributed by atoms with Gasteiger partial charge in [-0.1, -0.05) is 41.9 Å². The van der Waals surface area contributed by atoms with Gasteiger partial charge in [0.2, 0.25) is 0 Å². The standard InChI is InChI=1S/C24H21ClN4O4/c1-16-5-2-8-19(11-16)27-22(30)15-33-21-10-3-6-17(12-21)14-26-29-24(32)23(31)28-20-9-4-7-18(25)13-20/h2-14H,15H2,1H3,(H,27,30)(H,28,31)(H,29,32)/b26-14-. The third kappa shape index (κ3) is 7.79. The van der Waals surface area contributed by atoms with Crippen molar-refractivity contribution in [2.75, 3.05) is 17.2 Å². The van der Waals surface area contributed by atoms with Crippen molar-refractivity contribution in [1.82, 2.24) is 5.43 Å². The van der Waals surface area contributed by atoms with Crippen LogP contribution in [0.5, 0.6) is 5.75 Å². The van der Waals surface area contributed by atoms with Gasteiger partial charge in [-0.05, 0) is 60.5 Å². The van der Waals surface area contributed by atoms with E-state index in [0.717, 1.165) is 5.56 Å². The number of ether oxygens (including phenoxy) is 1. The molecule has 0 radical (unpaired) electrons. The molecule has 3 aromatic carbocycles. The van der Waals surface area contributed by atoms with Gasteiger partial charge in [-0.15, -0.1) is 0 Å². The van der Waals surface area contributed by atoms with Crippen LogP contribution in [0.4, 0.5) is 11.4 Å². The van der Waals surface area contributed by atoms with Crippen LogP contribution in [0.15, 0.2) is 77.9 Å². The second-order valence-electron chi connectivity index (χ2n) is 6.94. The topological polar surface area (TPSA) is 109 Å². The predicted octanol–water partition coefficient (Wildman–Crippen LogP) is 3.75. The van der Waals surface area contributed by atoms with Crippen molar-refractivity contribution >= 4 is 46.9 Å². The number of hydrogen-bond donors (Lipinski definition) is 3. The fourth-order valence-corrected chi connectivity index (χ4v) is 2.91. The van der Waals surface area contributed by atoms with Gasteiger partial charge in [0.15, 0.2) is 6.61 Å². The number of hydrogen-bond acceptors (Lipinski definition) is 5. The van der Waals surface area contributed by atoms with Crippen LogP contribution in [0.25, 0.3) is 0 Å². The lowest BCUT2D eigenvalue weighted by Gasteiger charge is -2.08. The molecule has 0 fully saturated rings. The minimum Gasteiger partial charge on any atom is -0.484 e. The minimum absolute atomic E-state index is 0.172. The number of nitrogens with one attached hydrogen (secondary N) is 3. The summed E-state index contributed by atoms with van der Waals surface area (Å²) in [5, 5.41) is 9.39. The molecule has 8 nitrogen and oxygen atoms in total. The Kier molecular flexibility index (Phi) is 8.15. The summed E-state index contributed by atoms with van der Waals surface area (Å²) >= 11 is 5.85. The number of amides is 3. The van der Waals surface area contributed by atoms with E-state index in [0.29, 0.717) is 27.7 Å². The first-order valence-electron chi connectivity index (χ1n) is 9.88. The van der Waals surface area contributed by atoms with E-state index >= 15 is 0 Å². The average molecular weight is 465 g/mol. The van der Waals surface area contributed by atoms with Crippen LogP contribution in [-0.2, 0) is 14.4 Å². The molecule has 3 N–H and O–H groups in total. The highest BCUT2D eigenvalue weighted by Gasteiger charge is 2.13. The number of halogens is 1. The summed E-state index contributed by atoms with van der Waals surface area (Å²) in [5.41, 5.74) is 4.87. The summed E-state index contributed by atoms with van der Waals surface area (Å²) in [6.07, 6.45) is 1.35. The monoisotopic (exact) mass is 464 g/mol. The largest absolute Gasteiger partial charge is 0.484 e. The SMILES string of the molecule is Cc1cccc(NC(=O)COc2cccc(/C=N\NC(=O)C(=O)Nc3cccc(Cl)c3)c2)c1. The molecule has 0 bridgehead atoms. The second kappa shape index (κ2) is 11.4. The highest BCUT2D eigenvalue weighted by atomic mass is 35.5. The Bertz CT molecular complexity index is 1200. The minimum atomic E-state index is -0.938. The summed E-state index contributed by atoms with van der Waals surface area (Å²) in [7, 11) is 0. The van der Waals surface area contributed by atoms with Gasteiger partial charge >= 0.3 is 11.8 Å². The van der Waals surface area contributed by atoms with E-state index in [2.05, 4.69) is 21.2 Å². The van der Waals surface area contributed by atoms with Crippen molar-refractivity contribution in [3.8, 4) is 5.75 Å². The van der Waals surface area contributed by atoms with Gasteiger partial charge < -0.3 is 15.4 Å². The van der Waals surface area contributed by atoms with E-state index in [4.69, 9.17) is 16.3 Å². The molecule has 0 spiro atoms. The van der Waals surface area contributed by atoms with Crippen molar-refractivity contribution < 1.29 is 19.1 Å². The quantitative estimate of drug-likeness (QED) is 0.281. The zero-order valence-electron chi connectivity index (χ0n) is 17.7. The van der Waals surface area contributed by atoms with Crippen LogP contribution >= 0.6 is 11.6 Å². The molecule has 0 atom stereocenters. The number of carbonyl (C=O) groups is 3. The Morgan fingerprint density at radius 3 is 2.39 bits per heavy atom.